The minimum absolute atomic E-state index is 0.0773. The zero-order valence-corrected chi connectivity index (χ0v) is 16.6. The van der Waals surface area contributed by atoms with E-state index in [0.717, 1.165) is 30.6 Å². The molecule has 2 aliphatic heterocycles. The zero-order valence-electron chi connectivity index (χ0n) is 16.6. The summed E-state index contributed by atoms with van der Waals surface area (Å²) in [6, 6.07) is 4.67. The number of pyridine rings is 1. The molecule has 8 heteroatoms. The highest BCUT2D eigenvalue weighted by atomic mass is 19.3. The van der Waals surface area contributed by atoms with E-state index in [2.05, 4.69) is 15.4 Å². The van der Waals surface area contributed by atoms with Crippen LogP contribution in [0, 0.1) is 12.8 Å². The first-order valence-corrected chi connectivity index (χ1v) is 10.3. The summed E-state index contributed by atoms with van der Waals surface area (Å²) in [5, 5.41) is 7.64. The van der Waals surface area contributed by atoms with Crippen LogP contribution in [-0.4, -0.2) is 51.1 Å². The first kappa shape index (κ1) is 19.8. The number of anilines is 1. The number of hydrogen-bond acceptors (Lipinski definition) is 4. The average molecular weight is 403 g/mol. The second-order valence-electron chi connectivity index (χ2n) is 8.11. The van der Waals surface area contributed by atoms with Gasteiger partial charge in [-0.25, -0.2) is 13.5 Å². The van der Waals surface area contributed by atoms with Crippen LogP contribution in [0.4, 0.5) is 14.6 Å². The SMILES string of the molecule is Cc1cc2n(n1)[C@@H](C(F)F)C[C@@H]([C@H]1CCCN(C(=O)CCc3cccnc3)C1)N2. The molecule has 2 aliphatic rings. The van der Waals surface area contributed by atoms with Crippen molar-refractivity contribution in [1.29, 1.82) is 0 Å². The van der Waals surface area contributed by atoms with E-state index in [0.29, 0.717) is 31.6 Å². The molecule has 1 saturated heterocycles. The molecular weight excluding hydrogens is 376 g/mol. The van der Waals surface area contributed by atoms with Crippen LogP contribution < -0.4 is 5.32 Å². The molecule has 4 heterocycles. The summed E-state index contributed by atoms with van der Waals surface area (Å²) in [6.07, 6.45) is 4.33. The van der Waals surface area contributed by atoms with Gasteiger partial charge in [-0.3, -0.25) is 9.78 Å². The van der Waals surface area contributed by atoms with Crippen molar-refractivity contribution in [3.63, 3.8) is 0 Å². The second kappa shape index (κ2) is 8.47. The summed E-state index contributed by atoms with van der Waals surface area (Å²) in [4.78, 5) is 18.7. The maximum atomic E-state index is 13.7. The standard InChI is InChI=1S/C21H27F2N5O/c1-14-10-19-25-17(11-18(21(22)23)28(19)26-14)16-5-3-9-27(13-16)20(29)7-6-15-4-2-8-24-12-15/h2,4,8,10,12,16-18,21,25H,3,5-7,9,11,13H2,1H3/t16-,17-,18+/m0/s1. The van der Waals surface area contributed by atoms with Crippen molar-refractivity contribution in [2.24, 2.45) is 5.92 Å². The predicted octanol–water partition coefficient (Wildman–Crippen LogP) is 3.45. The van der Waals surface area contributed by atoms with Crippen LogP contribution in [0.25, 0.3) is 0 Å². The van der Waals surface area contributed by atoms with Crippen LogP contribution in [-0.2, 0) is 11.2 Å². The summed E-state index contributed by atoms with van der Waals surface area (Å²) in [5.41, 5.74) is 1.78. The molecule has 4 rings (SSSR count). The number of hydrogen-bond donors (Lipinski definition) is 1. The number of alkyl halides is 2. The lowest BCUT2D eigenvalue weighted by Gasteiger charge is -2.41. The number of piperidine rings is 1. The second-order valence-corrected chi connectivity index (χ2v) is 8.11. The molecule has 6 nitrogen and oxygen atoms in total. The van der Waals surface area contributed by atoms with Gasteiger partial charge in [0.15, 0.2) is 0 Å². The third kappa shape index (κ3) is 4.41. The Morgan fingerprint density at radius 2 is 2.28 bits per heavy atom. The van der Waals surface area contributed by atoms with Gasteiger partial charge < -0.3 is 10.2 Å². The number of aromatic nitrogens is 3. The van der Waals surface area contributed by atoms with Gasteiger partial charge in [-0.1, -0.05) is 6.07 Å². The van der Waals surface area contributed by atoms with Gasteiger partial charge in [0.2, 0.25) is 5.91 Å². The number of fused-ring (bicyclic) bond motifs is 1. The Bertz CT molecular complexity index is 841. The summed E-state index contributed by atoms with van der Waals surface area (Å²) < 4.78 is 28.7. The number of carbonyl (C=O) groups excluding carboxylic acids is 1. The monoisotopic (exact) mass is 403 g/mol. The number of aryl methyl sites for hydroxylation is 2. The Hall–Kier alpha value is -2.51. The maximum Gasteiger partial charge on any atom is 0.260 e. The van der Waals surface area contributed by atoms with Crippen molar-refractivity contribution < 1.29 is 13.6 Å². The quantitative estimate of drug-likeness (QED) is 0.831. The number of nitrogens with zero attached hydrogens (tertiary/aromatic N) is 4. The van der Waals surface area contributed by atoms with Gasteiger partial charge in [-0.05, 0) is 50.2 Å². The number of carbonyl (C=O) groups is 1. The maximum absolute atomic E-state index is 13.7. The molecule has 0 bridgehead atoms. The van der Waals surface area contributed by atoms with Gasteiger partial charge >= 0.3 is 0 Å². The molecule has 0 unspecified atom stereocenters. The van der Waals surface area contributed by atoms with Crippen LogP contribution in [0.2, 0.25) is 0 Å². The van der Waals surface area contributed by atoms with E-state index in [-0.39, 0.29) is 17.9 Å². The average Bonchev–Trinajstić information content (AvgIpc) is 3.12. The van der Waals surface area contributed by atoms with Crippen molar-refractivity contribution in [2.75, 3.05) is 18.4 Å². The molecule has 2 aromatic heterocycles. The van der Waals surface area contributed by atoms with Crippen molar-refractivity contribution in [1.82, 2.24) is 19.7 Å². The Morgan fingerprint density at radius 1 is 1.41 bits per heavy atom. The molecule has 1 N–H and O–H groups in total. The van der Waals surface area contributed by atoms with Gasteiger partial charge in [0.1, 0.15) is 11.9 Å². The van der Waals surface area contributed by atoms with Gasteiger partial charge in [0.05, 0.1) is 5.69 Å². The minimum atomic E-state index is -2.46. The molecule has 1 fully saturated rings. The number of amides is 1. The third-order valence-electron chi connectivity index (χ3n) is 6.02. The fourth-order valence-corrected chi connectivity index (χ4v) is 4.53. The first-order valence-electron chi connectivity index (χ1n) is 10.3. The first-order chi connectivity index (χ1) is 14.0. The fourth-order valence-electron chi connectivity index (χ4n) is 4.53. The molecule has 0 saturated carbocycles. The van der Waals surface area contributed by atoms with E-state index in [4.69, 9.17) is 0 Å². The van der Waals surface area contributed by atoms with Gasteiger partial charge in [0, 0.05) is 44.0 Å². The van der Waals surface area contributed by atoms with E-state index in [1.807, 2.05) is 30.0 Å². The third-order valence-corrected chi connectivity index (χ3v) is 6.02. The van der Waals surface area contributed by atoms with E-state index in [1.165, 1.54) is 4.68 Å². The topological polar surface area (TPSA) is 63.1 Å². The number of nitrogens with one attached hydrogen (secondary N) is 1. The van der Waals surface area contributed by atoms with Gasteiger partial charge in [-0.15, -0.1) is 0 Å². The van der Waals surface area contributed by atoms with E-state index in [9.17, 15) is 13.6 Å². The Balaban J connectivity index is 1.40. The Kier molecular flexibility index (Phi) is 5.78. The molecule has 1 amide bonds. The molecular formula is C21H27F2N5O. The lowest BCUT2D eigenvalue weighted by Crippen LogP contribution is -2.48. The van der Waals surface area contributed by atoms with E-state index in [1.54, 1.807) is 12.4 Å². The lowest BCUT2D eigenvalue weighted by atomic mass is 9.86. The van der Waals surface area contributed by atoms with Crippen LogP contribution in [0.1, 0.15) is 43.0 Å². The van der Waals surface area contributed by atoms with E-state index >= 15 is 0 Å². The molecule has 0 spiro atoms. The van der Waals surface area contributed by atoms with Crippen LogP contribution in [0.15, 0.2) is 30.6 Å². The number of rotatable bonds is 5. The summed E-state index contributed by atoms with van der Waals surface area (Å²) >= 11 is 0. The number of halogens is 2. The van der Waals surface area contributed by atoms with Crippen molar-refractivity contribution in [3.8, 4) is 0 Å². The largest absolute Gasteiger partial charge is 0.367 e. The molecule has 29 heavy (non-hydrogen) atoms. The van der Waals surface area contributed by atoms with Gasteiger partial charge in [0.25, 0.3) is 6.43 Å². The van der Waals surface area contributed by atoms with Crippen LogP contribution in [0.3, 0.4) is 0 Å². The smallest absolute Gasteiger partial charge is 0.260 e. The highest BCUT2D eigenvalue weighted by Gasteiger charge is 2.38. The Morgan fingerprint density at radius 3 is 3.03 bits per heavy atom. The zero-order chi connectivity index (χ0) is 20.4. The van der Waals surface area contributed by atoms with E-state index < -0.39 is 12.5 Å². The molecule has 2 aromatic rings. The van der Waals surface area contributed by atoms with Crippen LogP contribution in [0.5, 0.6) is 0 Å². The molecule has 0 aromatic carbocycles. The summed E-state index contributed by atoms with van der Waals surface area (Å²) in [5.74, 6) is 0.945. The molecule has 156 valence electrons. The van der Waals surface area contributed by atoms with Crippen molar-refractivity contribution >= 4 is 11.7 Å². The number of likely N-dealkylation sites (tertiary alicyclic amines) is 1. The van der Waals surface area contributed by atoms with Crippen LogP contribution >= 0.6 is 0 Å². The summed E-state index contributed by atoms with van der Waals surface area (Å²) in [7, 11) is 0. The lowest BCUT2D eigenvalue weighted by molar-refractivity contribution is -0.133. The van der Waals surface area contributed by atoms with Gasteiger partial charge in [-0.2, -0.15) is 5.10 Å². The van der Waals surface area contributed by atoms with Crippen molar-refractivity contribution in [2.45, 2.75) is 57.5 Å². The predicted molar refractivity (Wildman–Crippen MR) is 106 cm³/mol. The Labute approximate surface area is 169 Å². The van der Waals surface area contributed by atoms with Crippen molar-refractivity contribution in [3.05, 3.63) is 41.9 Å². The minimum Gasteiger partial charge on any atom is -0.367 e. The molecule has 3 atom stereocenters. The normalized spacial score (nSPS) is 24.3. The summed E-state index contributed by atoms with van der Waals surface area (Å²) in [6.45, 7) is 3.17. The molecule has 0 aliphatic carbocycles. The highest BCUT2D eigenvalue weighted by molar-refractivity contribution is 5.76. The highest BCUT2D eigenvalue weighted by Crippen LogP contribution is 2.36. The molecule has 0 radical (unpaired) electrons. The fraction of sp³-hybridized carbons (Fsp3) is 0.571.